The van der Waals surface area contributed by atoms with Gasteiger partial charge in [-0.05, 0) is 71.2 Å². The van der Waals surface area contributed by atoms with Crippen molar-refractivity contribution >= 4 is 23.2 Å². The van der Waals surface area contributed by atoms with Crippen LogP contribution in [0, 0.1) is 0 Å². The van der Waals surface area contributed by atoms with Crippen molar-refractivity contribution in [3.8, 4) is 11.1 Å². The number of fused-ring (bicyclic) bond motifs is 1. The van der Waals surface area contributed by atoms with E-state index in [0.717, 1.165) is 34.4 Å². The van der Waals surface area contributed by atoms with Crippen LogP contribution in [-0.2, 0) is 11.3 Å². The number of aromatic nitrogens is 1. The topological polar surface area (TPSA) is 45.2 Å². The largest absolute Gasteiger partial charge is 0.347 e. The molecule has 32 heavy (non-hydrogen) atoms. The first-order valence-electron chi connectivity index (χ1n) is 10.6. The highest BCUT2D eigenvalue weighted by molar-refractivity contribution is 6.30. The molecule has 0 saturated heterocycles. The van der Waals surface area contributed by atoms with Gasteiger partial charge in [-0.2, -0.15) is 0 Å². The molecule has 0 radical (unpaired) electrons. The Bertz CT molecular complexity index is 1210. The summed E-state index contributed by atoms with van der Waals surface area (Å²) in [5.41, 5.74) is 6.05. The van der Waals surface area contributed by atoms with Crippen LogP contribution in [0.5, 0.6) is 0 Å². The zero-order valence-electron chi connectivity index (χ0n) is 17.4. The quantitative estimate of drug-likeness (QED) is 0.556. The number of rotatable bonds is 5. The molecule has 1 aliphatic carbocycles. The molecular formula is C27H22ClN3O. The molecule has 1 unspecified atom stereocenters. The SMILES string of the molecule is O=C(NCc1ccc(-c2ccncc2)cc1)C1=CC2=CC=CCC2N1c1ccc(Cl)cc1. The molecule has 0 spiro atoms. The smallest absolute Gasteiger partial charge is 0.268 e. The maximum atomic E-state index is 13.2. The zero-order chi connectivity index (χ0) is 21.9. The third-order valence-electron chi connectivity index (χ3n) is 5.80. The number of hydrogen-bond acceptors (Lipinski definition) is 3. The van der Waals surface area contributed by atoms with Crippen LogP contribution in [-0.4, -0.2) is 16.9 Å². The Kier molecular flexibility index (Phi) is 5.61. The van der Waals surface area contributed by atoms with Crippen molar-refractivity contribution in [2.45, 2.75) is 19.0 Å². The van der Waals surface area contributed by atoms with Gasteiger partial charge in [0.2, 0.25) is 0 Å². The van der Waals surface area contributed by atoms with E-state index in [1.165, 1.54) is 0 Å². The number of hydrogen-bond donors (Lipinski definition) is 1. The van der Waals surface area contributed by atoms with Gasteiger partial charge >= 0.3 is 0 Å². The minimum Gasteiger partial charge on any atom is -0.347 e. The molecule has 5 heteroatoms. The summed E-state index contributed by atoms with van der Waals surface area (Å²) in [5.74, 6) is -0.0894. The van der Waals surface area contributed by atoms with E-state index < -0.39 is 0 Å². The van der Waals surface area contributed by atoms with Crippen molar-refractivity contribution in [3.05, 3.63) is 119 Å². The maximum absolute atomic E-state index is 13.2. The third kappa shape index (κ3) is 4.10. The molecule has 158 valence electrons. The van der Waals surface area contributed by atoms with Crippen molar-refractivity contribution in [1.29, 1.82) is 0 Å². The van der Waals surface area contributed by atoms with Crippen molar-refractivity contribution in [2.75, 3.05) is 4.90 Å². The number of amides is 1. The standard InChI is InChI=1S/C27H22ClN3O/c28-23-9-11-24(12-10-23)31-25-4-2-1-3-22(25)17-26(31)27(32)30-18-19-5-7-20(8-6-19)21-13-15-29-16-14-21/h1-3,5-17,25H,4,18H2,(H,30,32). The number of carbonyl (C=O) groups excluding carboxylic acids is 1. The van der Waals surface area contributed by atoms with E-state index in [-0.39, 0.29) is 11.9 Å². The highest BCUT2D eigenvalue weighted by Gasteiger charge is 2.34. The van der Waals surface area contributed by atoms with Crippen molar-refractivity contribution in [1.82, 2.24) is 10.3 Å². The van der Waals surface area contributed by atoms with Crippen molar-refractivity contribution < 1.29 is 4.79 Å². The lowest BCUT2D eigenvalue weighted by molar-refractivity contribution is -0.117. The van der Waals surface area contributed by atoms with Gasteiger partial charge in [0.25, 0.3) is 5.91 Å². The Morgan fingerprint density at radius 3 is 2.47 bits per heavy atom. The molecule has 5 rings (SSSR count). The summed E-state index contributed by atoms with van der Waals surface area (Å²) in [7, 11) is 0. The van der Waals surface area contributed by atoms with E-state index in [1.807, 2.05) is 60.7 Å². The fraction of sp³-hybridized carbons (Fsp3) is 0.111. The predicted octanol–water partition coefficient (Wildman–Crippen LogP) is 5.68. The van der Waals surface area contributed by atoms with Gasteiger partial charge < -0.3 is 10.2 Å². The first-order chi connectivity index (χ1) is 15.7. The van der Waals surface area contributed by atoms with Gasteiger partial charge in [-0.25, -0.2) is 0 Å². The normalized spacial score (nSPS) is 16.9. The van der Waals surface area contributed by atoms with Gasteiger partial charge in [-0.15, -0.1) is 0 Å². The van der Waals surface area contributed by atoms with Crippen molar-refractivity contribution in [2.24, 2.45) is 0 Å². The lowest BCUT2D eigenvalue weighted by atomic mass is 10.0. The summed E-state index contributed by atoms with van der Waals surface area (Å²) in [4.78, 5) is 19.4. The summed E-state index contributed by atoms with van der Waals surface area (Å²) in [5, 5.41) is 3.77. The number of nitrogens with zero attached hydrogens (tertiary/aromatic N) is 2. The summed E-state index contributed by atoms with van der Waals surface area (Å²) in [6, 6.07) is 20.0. The van der Waals surface area contributed by atoms with Gasteiger partial charge in [0.1, 0.15) is 5.70 Å². The van der Waals surface area contributed by atoms with Gasteiger partial charge in [0, 0.05) is 29.6 Å². The van der Waals surface area contributed by atoms with E-state index >= 15 is 0 Å². The molecule has 0 saturated carbocycles. The van der Waals surface area contributed by atoms with Gasteiger partial charge in [-0.1, -0.05) is 54.1 Å². The van der Waals surface area contributed by atoms with Gasteiger partial charge in [-0.3, -0.25) is 9.78 Å². The van der Waals surface area contributed by atoms with E-state index in [1.54, 1.807) is 12.4 Å². The predicted molar refractivity (Wildman–Crippen MR) is 129 cm³/mol. The number of anilines is 1. The molecule has 3 aromatic rings. The Morgan fingerprint density at radius 2 is 1.72 bits per heavy atom. The molecule has 4 nitrogen and oxygen atoms in total. The Balaban J connectivity index is 1.32. The molecule has 1 aliphatic heterocycles. The lowest BCUT2D eigenvalue weighted by Crippen LogP contribution is -2.37. The lowest BCUT2D eigenvalue weighted by Gasteiger charge is -2.30. The minimum absolute atomic E-state index is 0.0894. The molecule has 1 atom stereocenters. The molecule has 2 aliphatic rings. The second-order valence-corrected chi connectivity index (χ2v) is 8.27. The van der Waals surface area contributed by atoms with Crippen LogP contribution >= 0.6 is 11.6 Å². The number of halogens is 1. The Morgan fingerprint density at radius 1 is 1.00 bits per heavy atom. The highest BCUT2D eigenvalue weighted by atomic mass is 35.5. The first-order valence-corrected chi connectivity index (χ1v) is 11.0. The summed E-state index contributed by atoms with van der Waals surface area (Å²) >= 11 is 6.08. The second kappa shape index (κ2) is 8.85. The van der Waals surface area contributed by atoms with Crippen LogP contribution in [0.1, 0.15) is 12.0 Å². The molecular weight excluding hydrogens is 418 g/mol. The monoisotopic (exact) mass is 439 g/mol. The van der Waals surface area contributed by atoms with Crippen LogP contribution in [0.15, 0.2) is 109 Å². The number of allylic oxidation sites excluding steroid dienone is 2. The van der Waals surface area contributed by atoms with Crippen LogP contribution in [0.3, 0.4) is 0 Å². The fourth-order valence-corrected chi connectivity index (χ4v) is 4.28. The number of pyridine rings is 1. The van der Waals surface area contributed by atoms with Crippen molar-refractivity contribution in [3.63, 3.8) is 0 Å². The summed E-state index contributed by atoms with van der Waals surface area (Å²) in [6.07, 6.45) is 12.7. The van der Waals surface area contributed by atoms with Crippen LogP contribution in [0.2, 0.25) is 5.02 Å². The highest BCUT2D eigenvalue weighted by Crippen LogP contribution is 2.36. The second-order valence-electron chi connectivity index (χ2n) is 7.84. The van der Waals surface area contributed by atoms with Gasteiger partial charge in [0.05, 0.1) is 6.04 Å². The number of nitrogens with one attached hydrogen (secondary N) is 1. The molecule has 1 amide bonds. The molecule has 0 fully saturated rings. The third-order valence-corrected chi connectivity index (χ3v) is 6.05. The van der Waals surface area contributed by atoms with E-state index in [4.69, 9.17) is 11.6 Å². The average Bonchev–Trinajstić information content (AvgIpc) is 3.24. The van der Waals surface area contributed by atoms with E-state index in [2.05, 4.69) is 39.5 Å². The molecule has 0 bridgehead atoms. The maximum Gasteiger partial charge on any atom is 0.268 e. The molecule has 2 heterocycles. The summed E-state index contributed by atoms with van der Waals surface area (Å²) < 4.78 is 0. The van der Waals surface area contributed by atoms with E-state index in [0.29, 0.717) is 17.3 Å². The molecule has 1 N–H and O–H groups in total. The molecule has 2 aromatic carbocycles. The van der Waals surface area contributed by atoms with Crippen LogP contribution in [0.25, 0.3) is 11.1 Å². The number of carbonyl (C=O) groups is 1. The Hall–Kier alpha value is -3.63. The molecule has 1 aromatic heterocycles. The fourth-order valence-electron chi connectivity index (χ4n) is 4.16. The van der Waals surface area contributed by atoms with Crippen LogP contribution in [0.4, 0.5) is 5.69 Å². The zero-order valence-corrected chi connectivity index (χ0v) is 18.2. The summed E-state index contributed by atoms with van der Waals surface area (Å²) in [6.45, 7) is 0.462. The average molecular weight is 440 g/mol. The van der Waals surface area contributed by atoms with E-state index in [9.17, 15) is 4.79 Å². The van der Waals surface area contributed by atoms with Gasteiger partial charge in [0.15, 0.2) is 0 Å². The van der Waals surface area contributed by atoms with Crippen LogP contribution < -0.4 is 10.2 Å². The first kappa shape index (κ1) is 20.3. The Labute approximate surface area is 192 Å². The minimum atomic E-state index is -0.0894. The number of benzene rings is 2.